The standard InChI is InChI=1S/C19H20N4O2/c1-13(18-8-14-4-2-3-5-17(14)25-18)22-19(24)11-23-7-6-15-9-20-12-21-16(15)10-23/h2-5,8-9,12-13H,6-7,10-11H2,1H3,(H,22,24)/t13-/m1/s1. The molecule has 1 aliphatic rings. The van der Waals surface area contributed by atoms with Crippen LogP contribution in [-0.2, 0) is 17.8 Å². The van der Waals surface area contributed by atoms with Crippen molar-refractivity contribution in [3.63, 3.8) is 0 Å². The lowest BCUT2D eigenvalue weighted by atomic mass is 10.1. The highest BCUT2D eigenvalue weighted by molar-refractivity contribution is 5.80. The number of aromatic nitrogens is 2. The van der Waals surface area contributed by atoms with Crippen LogP contribution in [0.3, 0.4) is 0 Å². The quantitative estimate of drug-likeness (QED) is 0.792. The molecule has 2 aromatic heterocycles. The molecule has 4 rings (SSSR count). The van der Waals surface area contributed by atoms with Crippen LogP contribution in [0.4, 0.5) is 0 Å². The molecule has 1 aliphatic heterocycles. The maximum Gasteiger partial charge on any atom is 0.234 e. The molecule has 0 aliphatic carbocycles. The lowest BCUT2D eigenvalue weighted by molar-refractivity contribution is -0.123. The van der Waals surface area contributed by atoms with Gasteiger partial charge < -0.3 is 9.73 Å². The molecule has 1 amide bonds. The van der Waals surface area contributed by atoms with E-state index < -0.39 is 0 Å². The number of carbonyl (C=O) groups excluding carboxylic acids is 1. The predicted molar refractivity (Wildman–Crippen MR) is 93.8 cm³/mol. The molecule has 1 atom stereocenters. The van der Waals surface area contributed by atoms with Gasteiger partial charge in [0.05, 0.1) is 18.3 Å². The highest BCUT2D eigenvalue weighted by atomic mass is 16.3. The van der Waals surface area contributed by atoms with Crippen molar-refractivity contribution in [3.8, 4) is 0 Å². The number of carbonyl (C=O) groups is 1. The summed E-state index contributed by atoms with van der Waals surface area (Å²) < 4.78 is 5.82. The van der Waals surface area contributed by atoms with Crippen molar-refractivity contribution in [2.75, 3.05) is 13.1 Å². The first-order chi connectivity index (χ1) is 12.2. The SMILES string of the molecule is C[C@@H](NC(=O)CN1CCc2cncnc2C1)c1cc2ccccc2o1. The van der Waals surface area contributed by atoms with Gasteiger partial charge in [-0.1, -0.05) is 18.2 Å². The predicted octanol–water partition coefficient (Wildman–Crippen LogP) is 2.46. The topological polar surface area (TPSA) is 71.3 Å². The van der Waals surface area contributed by atoms with Crippen LogP contribution in [0.2, 0.25) is 0 Å². The van der Waals surface area contributed by atoms with Crippen molar-refractivity contribution in [2.45, 2.75) is 25.9 Å². The van der Waals surface area contributed by atoms with Crippen molar-refractivity contribution in [1.29, 1.82) is 0 Å². The van der Waals surface area contributed by atoms with Gasteiger partial charge in [-0.15, -0.1) is 0 Å². The highest BCUT2D eigenvalue weighted by Crippen LogP contribution is 2.23. The van der Waals surface area contributed by atoms with Gasteiger partial charge in [-0.3, -0.25) is 9.69 Å². The van der Waals surface area contributed by atoms with Crippen LogP contribution < -0.4 is 5.32 Å². The molecule has 0 spiro atoms. The Kier molecular flexibility index (Phi) is 4.19. The van der Waals surface area contributed by atoms with E-state index in [0.717, 1.165) is 35.4 Å². The maximum absolute atomic E-state index is 12.4. The van der Waals surface area contributed by atoms with Gasteiger partial charge in [0.25, 0.3) is 0 Å². The number of nitrogens with zero attached hydrogens (tertiary/aromatic N) is 3. The van der Waals surface area contributed by atoms with E-state index in [1.807, 2.05) is 43.5 Å². The van der Waals surface area contributed by atoms with Gasteiger partial charge in [0, 0.05) is 24.7 Å². The van der Waals surface area contributed by atoms with Crippen molar-refractivity contribution in [1.82, 2.24) is 20.2 Å². The minimum absolute atomic E-state index is 0.00883. The average molecular weight is 336 g/mol. The van der Waals surface area contributed by atoms with Gasteiger partial charge >= 0.3 is 0 Å². The number of benzene rings is 1. The number of furan rings is 1. The van der Waals surface area contributed by atoms with Crippen molar-refractivity contribution in [2.24, 2.45) is 0 Å². The second kappa shape index (κ2) is 6.64. The third-order valence-electron chi connectivity index (χ3n) is 4.57. The largest absolute Gasteiger partial charge is 0.459 e. The lowest BCUT2D eigenvalue weighted by Gasteiger charge is -2.27. The fourth-order valence-corrected chi connectivity index (χ4v) is 3.22. The minimum atomic E-state index is -0.167. The smallest absolute Gasteiger partial charge is 0.234 e. The minimum Gasteiger partial charge on any atom is -0.459 e. The summed E-state index contributed by atoms with van der Waals surface area (Å²) in [7, 11) is 0. The van der Waals surface area contributed by atoms with Gasteiger partial charge in [-0.05, 0) is 31.0 Å². The van der Waals surface area contributed by atoms with Gasteiger partial charge in [0.2, 0.25) is 5.91 Å². The Morgan fingerprint density at radius 2 is 2.28 bits per heavy atom. The molecule has 25 heavy (non-hydrogen) atoms. The zero-order valence-electron chi connectivity index (χ0n) is 14.1. The van der Waals surface area contributed by atoms with Gasteiger partial charge in [-0.25, -0.2) is 9.97 Å². The van der Waals surface area contributed by atoms with E-state index in [1.165, 1.54) is 5.56 Å². The molecule has 128 valence electrons. The molecule has 0 saturated heterocycles. The molecule has 0 radical (unpaired) electrons. The van der Waals surface area contributed by atoms with E-state index in [-0.39, 0.29) is 11.9 Å². The number of nitrogens with one attached hydrogen (secondary N) is 1. The van der Waals surface area contributed by atoms with Crippen LogP contribution in [0.15, 0.2) is 47.3 Å². The number of hydrogen-bond acceptors (Lipinski definition) is 5. The van der Waals surface area contributed by atoms with E-state index in [1.54, 1.807) is 6.33 Å². The molecular weight excluding hydrogens is 316 g/mol. The first-order valence-electron chi connectivity index (χ1n) is 8.47. The van der Waals surface area contributed by atoms with Crippen LogP contribution >= 0.6 is 0 Å². The molecule has 0 fully saturated rings. The van der Waals surface area contributed by atoms with Crippen LogP contribution in [-0.4, -0.2) is 33.9 Å². The molecule has 6 heteroatoms. The highest BCUT2D eigenvalue weighted by Gasteiger charge is 2.21. The molecule has 3 aromatic rings. The first kappa shape index (κ1) is 15.8. The Bertz CT molecular complexity index is 872. The summed E-state index contributed by atoms with van der Waals surface area (Å²) in [5, 5.41) is 4.07. The Morgan fingerprint density at radius 1 is 1.40 bits per heavy atom. The molecule has 0 unspecified atom stereocenters. The summed E-state index contributed by atoms with van der Waals surface area (Å²) in [6.45, 7) is 3.82. The second-order valence-corrected chi connectivity index (χ2v) is 6.43. The summed E-state index contributed by atoms with van der Waals surface area (Å²) in [5.74, 6) is 0.761. The number of para-hydroxylation sites is 1. The van der Waals surface area contributed by atoms with Crippen LogP contribution in [0, 0.1) is 0 Å². The molecular formula is C19H20N4O2. The lowest BCUT2D eigenvalue weighted by Crippen LogP contribution is -2.40. The van der Waals surface area contributed by atoms with E-state index in [9.17, 15) is 4.79 Å². The third-order valence-corrected chi connectivity index (χ3v) is 4.57. The Morgan fingerprint density at radius 3 is 3.16 bits per heavy atom. The molecule has 6 nitrogen and oxygen atoms in total. The van der Waals surface area contributed by atoms with Gasteiger partial charge in [0.15, 0.2) is 0 Å². The molecule has 1 aromatic carbocycles. The number of amides is 1. The van der Waals surface area contributed by atoms with Crippen molar-refractivity contribution in [3.05, 3.63) is 59.9 Å². The molecule has 1 N–H and O–H groups in total. The summed E-state index contributed by atoms with van der Waals surface area (Å²) in [6, 6.07) is 9.66. The maximum atomic E-state index is 12.4. The van der Waals surface area contributed by atoms with E-state index >= 15 is 0 Å². The van der Waals surface area contributed by atoms with Crippen molar-refractivity contribution >= 4 is 16.9 Å². The van der Waals surface area contributed by atoms with E-state index in [2.05, 4.69) is 20.2 Å². The van der Waals surface area contributed by atoms with E-state index in [4.69, 9.17) is 4.42 Å². The Hall–Kier alpha value is -2.73. The first-order valence-corrected chi connectivity index (χ1v) is 8.47. The fourth-order valence-electron chi connectivity index (χ4n) is 3.22. The number of hydrogen-bond donors (Lipinski definition) is 1. The summed E-state index contributed by atoms with van der Waals surface area (Å²) in [5.41, 5.74) is 3.03. The Labute approximate surface area is 145 Å². The van der Waals surface area contributed by atoms with Gasteiger partial charge in [-0.2, -0.15) is 0 Å². The van der Waals surface area contributed by atoms with Crippen molar-refractivity contribution < 1.29 is 9.21 Å². The normalized spacial score (nSPS) is 15.7. The van der Waals surface area contributed by atoms with Gasteiger partial charge in [0.1, 0.15) is 17.7 Å². The monoisotopic (exact) mass is 336 g/mol. The van der Waals surface area contributed by atoms with Crippen LogP contribution in [0.25, 0.3) is 11.0 Å². The zero-order valence-corrected chi connectivity index (χ0v) is 14.1. The fraction of sp³-hybridized carbons (Fsp3) is 0.316. The number of rotatable bonds is 4. The molecule has 3 heterocycles. The molecule has 0 saturated carbocycles. The zero-order chi connectivity index (χ0) is 17.2. The summed E-state index contributed by atoms with van der Waals surface area (Å²) >= 11 is 0. The van der Waals surface area contributed by atoms with Crippen LogP contribution in [0.1, 0.15) is 30.0 Å². The van der Waals surface area contributed by atoms with Crippen LogP contribution in [0.5, 0.6) is 0 Å². The summed E-state index contributed by atoms with van der Waals surface area (Å²) in [4.78, 5) is 22.9. The molecule has 0 bridgehead atoms. The third kappa shape index (κ3) is 3.39. The summed E-state index contributed by atoms with van der Waals surface area (Å²) in [6.07, 6.45) is 4.30. The number of fused-ring (bicyclic) bond motifs is 2. The average Bonchev–Trinajstić information content (AvgIpc) is 3.06. The second-order valence-electron chi connectivity index (χ2n) is 6.43. The Balaban J connectivity index is 1.37. The van der Waals surface area contributed by atoms with E-state index in [0.29, 0.717) is 13.1 Å².